The zero-order valence-corrected chi connectivity index (χ0v) is 22.1. The number of nitrogens with zero attached hydrogens (tertiary/aromatic N) is 7. The van der Waals surface area contributed by atoms with Crippen LogP contribution < -0.4 is 5.56 Å². The van der Waals surface area contributed by atoms with Crippen molar-refractivity contribution in [3.63, 3.8) is 0 Å². The minimum absolute atomic E-state index is 0.0953. The Kier molecular flexibility index (Phi) is 5.27. The van der Waals surface area contributed by atoms with Gasteiger partial charge in [0.05, 0.1) is 22.3 Å². The first-order valence-electron chi connectivity index (χ1n) is 12.5. The van der Waals surface area contributed by atoms with Crippen LogP contribution in [0.25, 0.3) is 50.6 Å². The fourth-order valence-electron chi connectivity index (χ4n) is 5.43. The lowest BCUT2D eigenvalue weighted by atomic mass is 9.99. The van der Waals surface area contributed by atoms with Crippen LogP contribution in [0.4, 0.5) is 0 Å². The average Bonchev–Trinajstić information content (AvgIpc) is 3.58. The van der Waals surface area contributed by atoms with Gasteiger partial charge in [-0.25, -0.2) is 19.2 Å². The molecule has 4 aromatic heterocycles. The molecule has 0 saturated heterocycles. The van der Waals surface area contributed by atoms with Gasteiger partial charge in [-0.15, -0.1) is 17.7 Å². The predicted molar refractivity (Wildman–Crippen MR) is 155 cm³/mol. The highest BCUT2D eigenvalue weighted by atomic mass is 32.1. The van der Waals surface area contributed by atoms with E-state index in [4.69, 9.17) is 4.98 Å². The van der Waals surface area contributed by atoms with Gasteiger partial charge in [-0.2, -0.15) is 0 Å². The van der Waals surface area contributed by atoms with E-state index < -0.39 is 0 Å². The summed E-state index contributed by atoms with van der Waals surface area (Å²) in [5.41, 5.74) is 6.46. The topological polar surface area (TPSA) is 74.9 Å². The molecule has 3 aromatic carbocycles. The van der Waals surface area contributed by atoms with Crippen LogP contribution in [0.2, 0.25) is 0 Å². The molecule has 4 heterocycles. The van der Waals surface area contributed by atoms with Gasteiger partial charge in [-0.1, -0.05) is 78.9 Å². The van der Waals surface area contributed by atoms with Crippen LogP contribution in [0.15, 0.2) is 107 Å². The normalized spacial score (nSPS) is 11.6. The first-order chi connectivity index (χ1) is 19.0. The van der Waals surface area contributed by atoms with Crippen molar-refractivity contribution in [2.24, 2.45) is 7.05 Å². The highest BCUT2D eigenvalue weighted by Gasteiger charge is 2.29. The third-order valence-electron chi connectivity index (χ3n) is 7.06. The minimum Gasteiger partial charge on any atom is -0.277 e. The van der Waals surface area contributed by atoms with E-state index in [2.05, 4.69) is 51.5 Å². The number of hydrogen-bond donors (Lipinski definition) is 1. The van der Waals surface area contributed by atoms with Crippen molar-refractivity contribution in [1.29, 1.82) is 0 Å². The van der Waals surface area contributed by atoms with Gasteiger partial charge in [0.1, 0.15) is 12.1 Å². The molecule has 0 saturated carbocycles. The van der Waals surface area contributed by atoms with Gasteiger partial charge in [0.25, 0.3) is 5.56 Å². The molecule has 0 bridgehead atoms. The Morgan fingerprint density at radius 2 is 1.41 bits per heavy atom. The van der Waals surface area contributed by atoms with Crippen LogP contribution in [-0.2, 0) is 7.05 Å². The molecule has 9 heteroatoms. The van der Waals surface area contributed by atoms with Crippen molar-refractivity contribution in [3.8, 4) is 33.9 Å². The van der Waals surface area contributed by atoms with E-state index in [1.54, 1.807) is 15.5 Å². The lowest BCUT2D eigenvalue weighted by molar-refractivity contribution is 0.631. The van der Waals surface area contributed by atoms with Crippen LogP contribution in [0, 0.1) is 6.92 Å². The zero-order chi connectivity index (χ0) is 26.7. The van der Waals surface area contributed by atoms with Gasteiger partial charge >= 0.3 is 0 Å². The third-order valence-corrected chi connectivity index (χ3v) is 7.25. The van der Waals surface area contributed by atoms with Crippen molar-refractivity contribution in [2.45, 2.75) is 12.1 Å². The molecule has 0 atom stereocenters. The molecule has 0 unspecified atom stereocenters. The summed E-state index contributed by atoms with van der Waals surface area (Å²) in [5.74, 6) is 0.720. The van der Waals surface area contributed by atoms with E-state index in [0.29, 0.717) is 22.0 Å². The molecule has 0 aliphatic rings. The minimum atomic E-state index is -0.0953. The van der Waals surface area contributed by atoms with Crippen molar-refractivity contribution in [3.05, 3.63) is 113 Å². The fourth-order valence-corrected chi connectivity index (χ4v) is 5.62. The fraction of sp³-hybridized carbons (Fsp3) is 0.0667. The van der Waals surface area contributed by atoms with Crippen molar-refractivity contribution < 1.29 is 0 Å². The number of para-hydroxylation sites is 1. The maximum absolute atomic E-state index is 13.7. The Balaban J connectivity index is 1.71. The number of benzene rings is 3. The number of fused-ring (bicyclic) bond motifs is 3. The maximum atomic E-state index is 13.7. The Bertz CT molecular complexity index is 2050. The van der Waals surface area contributed by atoms with Gasteiger partial charge in [-0.05, 0) is 30.2 Å². The summed E-state index contributed by atoms with van der Waals surface area (Å²) in [6.45, 7) is 1.86. The molecule has 0 fully saturated rings. The van der Waals surface area contributed by atoms with Gasteiger partial charge in [0, 0.05) is 12.6 Å². The molecule has 0 spiro atoms. The molecule has 0 radical (unpaired) electrons. The van der Waals surface area contributed by atoms with Crippen LogP contribution in [-0.4, -0.2) is 33.5 Å². The van der Waals surface area contributed by atoms with Gasteiger partial charge in [0.2, 0.25) is 5.16 Å². The lowest BCUT2D eigenvalue weighted by Gasteiger charge is -2.15. The summed E-state index contributed by atoms with van der Waals surface area (Å²) >= 11 is 4.43. The molecule has 0 aliphatic carbocycles. The second-order valence-electron chi connectivity index (χ2n) is 9.34. The number of thiol groups is 1. The largest absolute Gasteiger partial charge is 0.277 e. The van der Waals surface area contributed by atoms with Crippen LogP contribution in [0.1, 0.15) is 5.56 Å². The smallest absolute Gasteiger partial charge is 0.276 e. The maximum Gasteiger partial charge on any atom is 0.276 e. The number of aromatic nitrogens is 7. The van der Waals surface area contributed by atoms with Crippen LogP contribution in [0.3, 0.4) is 0 Å². The molecule has 0 aliphatic heterocycles. The molecule has 190 valence electrons. The number of rotatable bonds is 4. The molecule has 0 amide bonds. The second-order valence-corrected chi connectivity index (χ2v) is 9.74. The second kappa shape index (κ2) is 8.85. The summed E-state index contributed by atoms with van der Waals surface area (Å²) in [6, 6.07) is 30.0. The zero-order valence-electron chi connectivity index (χ0n) is 21.2. The van der Waals surface area contributed by atoms with E-state index in [9.17, 15) is 4.79 Å². The molecular weight excluding hydrogens is 506 g/mol. The molecular formula is C30H23N7OS. The molecule has 0 N–H and O–H groups in total. The van der Waals surface area contributed by atoms with Gasteiger partial charge in [0.15, 0.2) is 11.3 Å². The summed E-state index contributed by atoms with van der Waals surface area (Å²) in [7, 11) is 1.90. The van der Waals surface area contributed by atoms with E-state index in [1.807, 2.05) is 85.4 Å². The summed E-state index contributed by atoms with van der Waals surface area (Å²) in [4.78, 5) is 23.3. The van der Waals surface area contributed by atoms with E-state index in [-0.39, 0.29) is 5.56 Å². The molecule has 7 rings (SSSR count). The molecule has 39 heavy (non-hydrogen) atoms. The first-order valence-corrected chi connectivity index (χ1v) is 12.9. The Morgan fingerprint density at radius 3 is 2.08 bits per heavy atom. The van der Waals surface area contributed by atoms with E-state index >= 15 is 0 Å². The third kappa shape index (κ3) is 3.47. The summed E-state index contributed by atoms with van der Waals surface area (Å²) in [5, 5.41) is 5.60. The highest BCUT2D eigenvalue weighted by molar-refractivity contribution is 7.80. The quantitative estimate of drug-likeness (QED) is 0.306. The predicted octanol–water partition coefficient (Wildman–Crippen LogP) is 5.49. The standard InChI is InChI=1S/C30H23N7OS/c1-19-28(34(2)37(29(19)38)22-16-10-5-11-17-22)36-25(21-14-8-4-9-15-21)23(20-12-6-3-7-13-20)24-26(36)31-18-35-27(24)32-30(39)33-35/h3-18H,1-2H3,(H,33,39). The van der Waals surface area contributed by atoms with Crippen LogP contribution in [0.5, 0.6) is 0 Å². The Hall–Kier alpha value is -4.89. The average molecular weight is 530 g/mol. The van der Waals surface area contributed by atoms with Gasteiger partial charge in [-0.3, -0.25) is 14.0 Å². The van der Waals surface area contributed by atoms with Crippen molar-refractivity contribution >= 4 is 29.3 Å². The molecule has 8 nitrogen and oxygen atoms in total. The summed E-state index contributed by atoms with van der Waals surface area (Å²) in [6.07, 6.45) is 1.64. The lowest BCUT2D eigenvalue weighted by Crippen LogP contribution is -2.20. The van der Waals surface area contributed by atoms with Crippen LogP contribution >= 0.6 is 12.6 Å². The van der Waals surface area contributed by atoms with Crippen molar-refractivity contribution in [2.75, 3.05) is 0 Å². The van der Waals surface area contributed by atoms with E-state index in [1.165, 1.54) is 0 Å². The molecule has 7 aromatic rings. The monoisotopic (exact) mass is 529 g/mol. The van der Waals surface area contributed by atoms with Gasteiger partial charge < -0.3 is 0 Å². The Labute approximate surface area is 228 Å². The van der Waals surface area contributed by atoms with Crippen molar-refractivity contribution in [1.82, 2.24) is 33.5 Å². The summed E-state index contributed by atoms with van der Waals surface area (Å²) < 4.78 is 7.32. The van der Waals surface area contributed by atoms with E-state index in [0.717, 1.165) is 39.3 Å². The highest BCUT2D eigenvalue weighted by Crippen LogP contribution is 2.43. The first kappa shape index (κ1) is 23.2. The number of hydrogen-bond acceptors (Lipinski definition) is 5. The Morgan fingerprint density at radius 1 is 0.795 bits per heavy atom. The SMILES string of the molecule is Cc1c(-n2c(-c3ccccc3)c(-c3ccccc3)c3c2ncn2nc(S)nc32)n(C)n(-c2ccccc2)c1=O.